The Labute approximate surface area is 120 Å². The van der Waals surface area contributed by atoms with Crippen LogP contribution in [0.5, 0.6) is 0 Å². The van der Waals surface area contributed by atoms with E-state index in [-0.39, 0.29) is 0 Å². The molecule has 0 fully saturated rings. The van der Waals surface area contributed by atoms with Crippen LogP contribution >= 0.6 is 27.7 Å². The van der Waals surface area contributed by atoms with E-state index in [4.69, 9.17) is 0 Å². The van der Waals surface area contributed by atoms with Crippen molar-refractivity contribution in [3.05, 3.63) is 52.8 Å². The minimum atomic E-state index is 0.326. The van der Waals surface area contributed by atoms with Crippen molar-refractivity contribution in [1.29, 1.82) is 0 Å². The van der Waals surface area contributed by atoms with E-state index in [1.807, 2.05) is 31.6 Å². The molecule has 2 nitrogen and oxygen atoms in total. The molecule has 94 valence electrons. The third-order valence-electron chi connectivity index (χ3n) is 2.75. The third kappa shape index (κ3) is 3.34. The molecule has 0 radical (unpaired) electrons. The molecule has 0 aliphatic rings. The fraction of sp³-hybridized carbons (Fsp3) is 0.214. The highest BCUT2D eigenvalue weighted by molar-refractivity contribution is 9.10. The number of nitrogens with one attached hydrogen (secondary N) is 1. The maximum absolute atomic E-state index is 4.04. The monoisotopic (exact) mass is 322 g/mol. The SMILES string of the molecule is CNC(C)c1cc(Br)ccc1Sc1ccncc1. The zero-order chi connectivity index (χ0) is 13.0. The van der Waals surface area contributed by atoms with E-state index in [2.05, 4.69) is 51.4 Å². The smallest absolute Gasteiger partial charge is 0.0300 e. The number of pyridine rings is 1. The van der Waals surface area contributed by atoms with Crippen molar-refractivity contribution in [2.24, 2.45) is 0 Å². The molecule has 2 aromatic rings. The van der Waals surface area contributed by atoms with Gasteiger partial charge in [-0.15, -0.1) is 0 Å². The van der Waals surface area contributed by atoms with Gasteiger partial charge < -0.3 is 5.32 Å². The van der Waals surface area contributed by atoms with Crippen molar-refractivity contribution in [3.63, 3.8) is 0 Å². The summed E-state index contributed by atoms with van der Waals surface area (Å²) in [5, 5.41) is 3.29. The number of rotatable bonds is 4. The van der Waals surface area contributed by atoms with E-state index >= 15 is 0 Å². The van der Waals surface area contributed by atoms with Gasteiger partial charge in [0.15, 0.2) is 0 Å². The molecule has 0 saturated carbocycles. The van der Waals surface area contributed by atoms with Gasteiger partial charge in [0.2, 0.25) is 0 Å². The van der Waals surface area contributed by atoms with Crippen molar-refractivity contribution in [2.45, 2.75) is 22.8 Å². The van der Waals surface area contributed by atoms with Gasteiger partial charge in [-0.25, -0.2) is 0 Å². The number of hydrogen-bond donors (Lipinski definition) is 1. The summed E-state index contributed by atoms with van der Waals surface area (Å²) in [6.45, 7) is 2.17. The first-order valence-corrected chi connectivity index (χ1v) is 7.36. The second-order valence-corrected chi connectivity index (χ2v) is 6.01. The fourth-order valence-corrected chi connectivity index (χ4v) is 3.02. The van der Waals surface area contributed by atoms with Crippen LogP contribution in [0, 0.1) is 0 Å². The molecular weight excluding hydrogens is 308 g/mol. The van der Waals surface area contributed by atoms with Crippen LogP contribution in [0.2, 0.25) is 0 Å². The molecule has 0 aliphatic carbocycles. The van der Waals surface area contributed by atoms with Gasteiger partial charge in [-0.1, -0.05) is 27.7 Å². The molecule has 0 amide bonds. The Morgan fingerprint density at radius 3 is 2.61 bits per heavy atom. The van der Waals surface area contributed by atoms with E-state index in [0.717, 1.165) is 4.47 Å². The highest BCUT2D eigenvalue weighted by atomic mass is 79.9. The van der Waals surface area contributed by atoms with E-state index in [0.29, 0.717) is 6.04 Å². The lowest BCUT2D eigenvalue weighted by Gasteiger charge is -2.16. The van der Waals surface area contributed by atoms with Gasteiger partial charge in [0.05, 0.1) is 0 Å². The fourth-order valence-electron chi connectivity index (χ4n) is 1.64. The van der Waals surface area contributed by atoms with E-state index < -0.39 is 0 Å². The van der Waals surface area contributed by atoms with Gasteiger partial charge in [0.25, 0.3) is 0 Å². The Morgan fingerprint density at radius 1 is 1.22 bits per heavy atom. The molecule has 1 unspecified atom stereocenters. The number of aromatic nitrogens is 1. The van der Waals surface area contributed by atoms with Crippen LogP contribution in [0.25, 0.3) is 0 Å². The maximum Gasteiger partial charge on any atom is 0.0300 e. The average molecular weight is 323 g/mol. The normalized spacial score (nSPS) is 12.4. The van der Waals surface area contributed by atoms with Gasteiger partial charge in [0.1, 0.15) is 0 Å². The highest BCUT2D eigenvalue weighted by Crippen LogP contribution is 2.34. The Hall–Kier alpha value is -0.840. The lowest BCUT2D eigenvalue weighted by atomic mass is 10.1. The third-order valence-corrected chi connectivity index (χ3v) is 4.34. The molecule has 18 heavy (non-hydrogen) atoms. The summed E-state index contributed by atoms with van der Waals surface area (Å²) in [5.74, 6) is 0. The first kappa shape index (κ1) is 13.6. The lowest BCUT2D eigenvalue weighted by Crippen LogP contribution is -2.13. The molecule has 2 rings (SSSR count). The maximum atomic E-state index is 4.04. The van der Waals surface area contributed by atoms with Crippen LogP contribution in [0.1, 0.15) is 18.5 Å². The zero-order valence-electron chi connectivity index (χ0n) is 10.4. The van der Waals surface area contributed by atoms with Gasteiger partial charge in [-0.05, 0) is 49.9 Å². The summed E-state index contributed by atoms with van der Waals surface area (Å²) >= 11 is 5.30. The average Bonchev–Trinajstić information content (AvgIpc) is 2.41. The Bertz CT molecular complexity index is 516. The minimum Gasteiger partial charge on any atom is -0.313 e. The van der Waals surface area contributed by atoms with E-state index in [9.17, 15) is 0 Å². The largest absolute Gasteiger partial charge is 0.313 e. The quantitative estimate of drug-likeness (QED) is 0.909. The van der Waals surface area contributed by atoms with Gasteiger partial charge in [-0.2, -0.15) is 0 Å². The van der Waals surface area contributed by atoms with E-state index in [1.54, 1.807) is 11.8 Å². The summed E-state index contributed by atoms with van der Waals surface area (Å²) < 4.78 is 1.11. The van der Waals surface area contributed by atoms with Crippen LogP contribution < -0.4 is 5.32 Å². The summed E-state index contributed by atoms with van der Waals surface area (Å²) in [7, 11) is 1.98. The first-order chi connectivity index (χ1) is 8.70. The van der Waals surface area contributed by atoms with Crippen molar-refractivity contribution >= 4 is 27.7 Å². The van der Waals surface area contributed by atoms with Crippen molar-refractivity contribution in [1.82, 2.24) is 10.3 Å². The second kappa shape index (κ2) is 6.36. The van der Waals surface area contributed by atoms with Crippen LogP contribution in [-0.4, -0.2) is 12.0 Å². The number of benzene rings is 1. The molecule has 4 heteroatoms. The molecule has 0 saturated heterocycles. The van der Waals surface area contributed by atoms with E-state index in [1.165, 1.54) is 15.4 Å². The Morgan fingerprint density at radius 2 is 1.94 bits per heavy atom. The number of hydrogen-bond acceptors (Lipinski definition) is 3. The summed E-state index contributed by atoms with van der Waals surface area (Å²) in [6.07, 6.45) is 3.64. The molecular formula is C14H15BrN2S. The molecule has 1 aromatic heterocycles. The van der Waals surface area contributed by atoms with Crippen LogP contribution in [-0.2, 0) is 0 Å². The standard InChI is InChI=1S/C14H15BrN2S/c1-10(16-2)13-9-11(15)3-4-14(13)18-12-5-7-17-8-6-12/h3-10,16H,1-2H3. The number of halogens is 1. The molecule has 0 aliphatic heterocycles. The second-order valence-electron chi connectivity index (χ2n) is 3.98. The highest BCUT2D eigenvalue weighted by Gasteiger charge is 2.10. The predicted molar refractivity (Wildman–Crippen MR) is 80.0 cm³/mol. The van der Waals surface area contributed by atoms with Crippen molar-refractivity contribution in [3.8, 4) is 0 Å². The molecule has 1 atom stereocenters. The molecule has 1 aromatic carbocycles. The van der Waals surface area contributed by atoms with Crippen LogP contribution in [0.4, 0.5) is 0 Å². The summed E-state index contributed by atoms with van der Waals surface area (Å²) in [6, 6.07) is 10.8. The number of nitrogens with zero attached hydrogens (tertiary/aromatic N) is 1. The molecule has 1 heterocycles. The minimum absolute atomic E-state index is 0.326. The zero-order valence-corrected chi connectivity index (χ0v) is 12.8. The van der Waals surface area contributed by atoms with Crippen molar-refractivity contribution in [2.75, 3.05) is 7.05 Å². The van der Waals surface area contributed by atoms with Crippen molar-refractivity contribution < 1.29 is 0 Å². The predicted octanol–water partition coefficient (Wildman–Crippen LogP) is 4.28. The first-order valence-electron chi connectivity index (χ1n) is 5.75. The van der Waals surface area contributed by atoms with Gasteiger partial charge in [-0.3, -0.25) is 4.98 Å². The molecule has 0 bridgehead atoms. The summed E-state index contributed by atoms with van der Waals surface area (Å²) in [4.78, 5) is 6.52. The topological polar surface area (TPSA) is 24.9 Å². The molecule has 0 spiro atoms. The van der Waals surface area contributed by atoms with Crippen LogP contribution in [0.3, 0.4) is 0 Å². The summed E-state index contributed by atoms with van der Waals surface area (Å²) in [5.41, 5.74) is 1.30. The Balaban J connectivity index is 2.32. The van der Waals surface area contributed by atoms with Gasteiger partial charge >= 0.3 is 0 Å². The Kier molecular flexibility index (Phi) is 4.80. The lowest BCUT2D eigenvalue weighted by molar-refractivity contribution is 0.641. The molecule has 1 N–H and O–H groups in total. The van der Waals surface area contributed by atoms with Gasteiger partial charge in [0, 0.05) is 32.7 Å². The van der Waals surface area contributed by atoms with Crippen LogP contribution in [0.15, 0.2) is 57.0 Å².